The van der Waals surface area contributed by atoms with Gasteiger partial charge >= 0.3 is 0 Å². The first-order valence-corrected chi connectivity index (χ1v) is 12.2. The Morgan fingerprint density at radius 3 is 2.35 bits per heavy atom. The van der Waals surface area contributed by atoms with Crippen LogP contribution in [0.1, 0.15) is 5.56 Å². The van der Waals surface area contributed by atoms with E-state index in [-0.39, 0.29) is 0 Å². The Hall–Kier alpha value is -3.24. The van der Waals surface area contributed by atoms with Crippen LogP contribution < -0.4 is 4.90 Å². The number of benzene rings is 2. The average molecular weight is 451 g/mol. The van der Waals surface area contributed by atoms with E-state index in [2.05, 4.69) is 9.30 Å². The summed E-state index contributed by atoms with van der Waals surface area (Å²) in [6, 6.07) is 17.1. The third-order valence-electron chi connectivity index (χ3n) is 5.56. The van der Waals surface area contributed by atoms with Gasteiger partial charge in [0.2, 0.25) is 10.1 Å². The Labute approximate surface area is 183 Å². The lowest BCUT2D eigenvalue weighted by molar-refractivity contribution is 0.386. The summed E-state index contributed by atoms with van der Waals surface area (Å²) in [6.07, 6.45) is 1.95. The number of aromatic nitrogens is 3. The van der Waals surface area contributed by atoms with E-state index >= 15 is 0 Å². The molecule has 4 heterocycles. The van der Waals surface area contributed by atoms with Crippen molar-refractivity contribution in [2.75, 3.05) is 31.1 Å². The van der Waals surface area contributed by atoms with Gasteiger partial charge in [-0.05, 0) is 12.1 Å². The fourth-order valence-electron chi connectivity index (χ4n) is 3.99. The molecule has 10 heteroatoms. The van der Waals surface area contributed by atoms with Crippen LogP contribution in [0.25, 0.3) is 16.2 Å². The standard InChI is InChI=1S/C21H18N6O2S2/c28-31(29)18-9-5-4-8-16(18)19(24-31)25-10-12-26(13-11-25)21-23-27-14-17(22-20(27)30-21)15-6-2-1-3-7-15/h1-9,14H,10-13H2. The van der Waals surface area contributed by atoms with Gasteiger partial charge in [-0.3, -0.25) is 0 Å². The smallest absolute Gasteiger partial charge is 0.285 e. The maximum Gasteiger partial charge on any atom is 0.285 e. The number of piperazine rings is 1. The number of amidine groups is 1. The molecule has 31 heavy (non-hydrogen) atoms. The van der Waals surface area contributed by atoms with Crippen molar-refractivity contribution in [1.29, 1.82) is 0 Å². The van der Waals surface area contributed by atoms with Crippen LogP contribution in [0.3, 0.4) is 0 Å². The van der Waals surface area contributed by atoms with Gasteiger partial charge in [-0.25, -0.2) is 9.50 Å². The number of anilines is 1. The highest BCUT2D eigenvalue weighted by molar-refractivity contribution is 7.90. The number of hydrogen-bond donors (Lipinski definition) is 0. The highest BCUT2D eigenvalue weighted by atomic mass is 32.2. The highest BCUT2D eigenvalue weighted by Gasteiger charge is 2.33. The van der Waals surface area contributed by atoms with Crippen LogP contribution in [-0.2, 0) is 10.0 Å². The second-order valence-electron chi connectivity index (χ2n) is 7.46. The summed E-state index contributed by atoms with van der Waals surface area (Å²) in [5.74, 6) is 0.552. The van der Waals surface area contributed by atoms with Crippen LogP contribution in [0, 0.1) is 0 Å². The lowest BCUT2D eigenvalue weighted by Crippen LogP contribution is -2.48. The molecule has 0 bridgehead atoms. The van der Waals surface area contributed by atoms with Crippen LogP contribution in [0.4, 0.5) is 5.13 Å². The average Bonchev–Trinajstić information content (AvgIpc) is 3.45. The van der Waals surface area contributed by atoms with E-state index in [1.165, 1.54) is 0 Å². The SMILES string of the molecule is O=S1(=O)N=C(N2CCN(c3nn4cc(-c5ccccc5)nc4s3)CC2)c2ccccc21. The summed E-state index contributed by atoms with van der Waals surface area (Å²) in [4.78, 5) is 10.1. The van der Waals surface area contributed by atoms with Gasteiger partial charge in [0.1, 0.15) is 4.90 Å². The predicted molar refractivity (Wildman–Crippen MR) is 120 cm³/mol. The summed E-state index contributed by atoms with van der Waals surface area (Å²) in [5.41, 5.74) is 2.68. The zero-order chi connectivity index (χ0) is 21.0. The zero-order valence-corrected chi connectivity index (χ0v) is 18.1. The Balaban J connectivity index is 1.20. The van der Waals surface area contributed by atoms with Crippen LogP contribution >= 0.6 is 11.3 Å². The van der Waals surface area contributed by atoms with Crippen molar-refractivity contribution in [3.05, 3.63) is 66.4 Å². The second-order valence-corrected chi connectivity index (χ2v) is 9.97. The second kappa shape index (κ2) is 6.89. The maximum absolute atomic E-state index is 12.3. The van der Waals surface area contributed by atoms with E-state index in [0.29, 0.717) is 29.4 Å². The van der Waals surface area contributed by atoms with E-state index < -0.39 is 10.0 Å². The van der Waals surface area contributed by atoms with Gasteiger partial charge in [-0.1, -0.05) is 53.8 Å². The van der Waals surface area contributed by atoms with E-state index in [0.717, 1.165) is 34.4 Å². The predicted octanol–water partition coefficient (Wildman–Crippen LogP) is 2.73. The molecule has 4 aromatic rings. The van der Waals surface area contributed by atoms with Gasteiger partial charge in [0.15, 0.2) is 5.84 Å². The molecular formula is C21H18N6O2S2. The molecule has 0 radical (unpaired) electrons. The Morgan fingerprint density at radius 2 is 1.58 bits per heavy atom. The lowest BCUT2D eigenvalue weighted by Gasteiger charge is -2.35. The monoisotopic (exact) mass is 450 g/mol. The number of rotatable bonds is 2. The molecule has 0 saturated carbocycles. The molecule has 1 saturated heterocycles. The minimum Gasteiger partial charge on any atom is -0.352 e. The number of fused-ring (bicyclic) bond motifs is 2. The lowest BCUT2D eigenvalue weighted by atomic mass is 10.1. The molecule has 156 valence electrons. The quantitative estimate of drug-likeness (QED) is 0.467. The van der Waals surface area contributed by atoms with Crippen molar-refractivity contribution in [2.45, 2.75) is 4.90 Å². The van der Waals surface area contributed by atoms with Crippen molar-refractivity contribution < 1.29 is 8.42 Å². The number of nitrogens with zero attached hydrogens (tertiary/aromatic N) is 6. The van der Waals surface area contributed by atoms with Crippen molar-refractivity contribution in [2.24, 2.45) is 4.40 Å². The third-order valence-corrected chi connectivity index (χ3v) is 7.87. The maximum atomic E-state index is 12.3. The van der Waals surface area contributed by atoms with E-state index in [1.807, 2.05) is 58.1 Å². The molecule has 0 aliphatic carbocycles. The van der Waals surface area contributed by atoms with Crippen molar-refractivity contribution in [3.63, 3.8) is 0 Å². The van der Waals surface area contributed by atoms with Gasteiger partial charge in [-0.2, -0.15) is 8.42 Å². The Kier molecular flexibility index (Phi) is 4.12. The first kappa shape index (κ1) is 18.5. The zero-order valence-electron chi connectivity index (χ0n) is 16.4. The Bertz CT molecular complexity index is 1390. The summed E-state index contributed by atoms with van der Waals surface area (Å²) in [5, 5.41) is 5.64. The molecule has 0 spiro atoms. The highest BCUT2D eigenvalue weighted by Crippen LogP contribution is 2.30. The fourth-order valence-corrected chi connectivity index (χ4v) is 6.15. The van der Waals surface area contributed by atoms with E-state index in [1.54, 1.807) is 23.5 Å². The Morgan fingerprint density at radius 1 is 0.871 bits per heavy atom. The first-order valence-electron chi connectivity index (χ1n) is 9.94. The van der Waals surface area contributed by atoms with Crippen LogP contribution in [0.15, 0.2) is 70.1 Å². The van der Waals surface area contributed by atoms with Crippen LogP contribution in [-0.4, -0.2) is 59.9 Å². The number of sulfonamides is 1. The summed E-state index contributed by atoms with van der Waals surface area (Å²) in [6.45, 7) is 2.84. The topological polar surface area (TPSA) is 83.2 Å². The molecule has 2 aromatic heterocycles. The molecular weight excluding hydrogens is 432 g/mol. The molecule has 2 aromatic carbocycles. The van der Waals surface area contributed by atoms with Crippen molar-refractivity contribution in [1.82, 2.24) is 19.5 Å². The molecule has 2 aliphatic heterocycles. The molecule has 0 unspecified atom stereocenters. The van der Waals surface area contributed by atoms with Gasteiger partial charge in [0.25, 0.3) is 10.0 Å². The fraction of sp³-hybridized carbons (Fsp3) is 0.190. The van der Waals surface area contributed by atoms with Gasteiger partial charge in [-0.15, -0.1) is 9.50 Å². The molecule has 2 aliphatic rings. The van der Waals surface area contributed by atoms with Crippen molar-refractivity contribution >= 4 is 37.3 Å². The van der Waals surface area contributed by atoms with Gasteiger partial charge in [0, 0.05) is 37.3 Å². The largest absolute Gasteiger partial charge is 0.352 e. The molecule has 0 amide bonds. The van der Waals surface area contributed by atoms with E-state index in [4.69, 9.17) is 10.1 Å². The summed E-state index contributed by atoms with van der Waals surface area (Å²) in [7, 11) is -3.60. The molecule has 8 nitrogen and oxygen atoms in total. The third kappa shape index (κ3) is 3.10. The molecule has 1 fully saturated rings. The normalized spacial score (nSPS) is 17.7. The van der Waals surface area contributed by atoms with Crippen LogP contribution in [0.2, 0.25) is 0 Å². The molecule has 0 N–H and O–H groups in total. The van der Waals surface area contributed by atoms with Crippen LogP contribution in [0.5, 0.6) is 0 Å². The number of imidazole rings is 1. The molecule has 0 atom stereocenters. The van der Waals surface area contributed by atoms with Crippen molar-refractivity contribution in [3.8, 4) is 11.3 Å². The van der Waals surface area contributed by atoms with Gasteiger partial charge < -0.3 is 9.80 Å². The summed E-state index contributed by atoms with van der Waals surface area (Å²) >= 11 is 1.56. The molecule has 6 rings (SSSR count). The summed E-state index contributed by atoms with van der Waals surface area (Å²) < 4.78 is 30.6. The number of hydrogen-bond acceptors (Lipinski definition) is 7. The first-order chi connectivity index (χ1) is 15.1. The van der Waals surface area contributed by atoms with E-state index in [9.17, 15) is 8.42 Å². The minimum atomic E-state index is -3.60. The van der Waals surface area contributed by atoms with Gasteiger partial charge in [0.05, 0.1) is 11.9 Å². The minimum absolute atomic E-state index is 0.294.